The molecule has 2 aromatic rings. The van der Waals surface area contributed by atoms with Crippen LogP contribution in [0.3, 0.4) is 0 Å². The van der Waals surface area contributed by atoms with Crippen LogP contribution in [0.5, 0.6) is 0 Å². The predicted octanol–water partition coefficient (Wildman–Crippen LogP) is 5.85. The van der Waals surface area contributed by atoms with Gasteiger partial charge in [0.05, 0.1) is 10.7 Å². The lowest BCUT2D eigenvalue weighted by molar-refractivity contribution is 0.0546. The van der Waals surface area contributed by atoms with Gasteiger partial charge in [-0.05, 0) is 33.3 Å². The molecule has 0 unspecified atom stereocenters. The van der Waals surface area contributed by atoms with E-state index in [1.807, 2.05) is 23.5 Å². The van der Waals surface area contributed by atoms with Gasteiger partial charge in [0, 0.05) is 12.2 Å². The molecule has 33 heavy (non-hydrogen) atoms. The van der Waals surface area contributed by atoms with E-state index in [-0.39, 0.29) is 22.5 Å². The van der Waals surface area contributed by atoms with Gasteiger partial charge in [-0.2, -0.15) is 0 Å². The van der Waals surface area contributed by atoms with Crippen LogP contribution in [-0.2, 0) is 13.9 Å². The van der Waals surface area contributed by atoms with Crippen LogP contribution in [0.4, 0.5) is 0 Å². The molecule has 180 valence electrons. The molecule has 0 amide bonds. The number of thiocarbonyl (C=S) groups is 1. The van der Waals surface area contributed by atoms with Crippen LogP contribution in [0, 0.1) is 0 Å². The summed E-state index contributed by atoms with van der Waals surface area (Å²) in [5.41, 5.74) is 0. The van der Waals surface area contributed by atoms with Gasteiger partial charge in [0.15, 0.2) is 6.10 Å². The van der Waals surface area contributed by atoms with Crippen LogP contribution in [0.15, 0.2) is 60.7 Å². The fourth-order valence-corrected chi connectivity index (χ4v) is 12.0. The zero-order valence-electron chi connectivity index (χ0n) is 20.3. The Morgan fingerprint density at radius 1 is 0.970 bits per heavy atom. The first kappa shape index (κ1) is 26.6. The topological polar surface area (TPSA) is 27.7 Å². The molecule has 0 aliphatic carbocycles. The molecular weight excluding hydrogens is 485 g/mol. The lowest BCUT2D eigenvalue weighted by Crippen LogP contribution is -2.68. The molecule has 1 fully saturated rings. The first-order valence-electron chi connectivity index (χ1n) is 11.7. The minimum Gasteiger partial charge on any atom is -0.453 e. The Labute approximate surface area is 214 Å². The molecule has 3 nitrogen and oxygen atoms in total. The lowest BCUT2D eigenvalue weighted by atomic mass is 10.2. The van der Waals surface area contributed by atoms with Gasteiger partial charge in [-0.1, -0.05) is 95.3 Å². The number of ether oxygens (including phenoxy) is 2. The highest BCUT2D eigenvalue weighted by Gasteiger charge is 2.53. The third-order valence-corrected chi connectivity index (χ3v) is 13.8. The summed E-state index contributed by atoms with van der Waals surface area (Å²) in [6, 6.07) is 21.6. The van der Waals surface area contributed by atoms with Crippen molar-refractivity contribution in [1.82, 2.24) is 0 Å². The minimum atomic E-state index is -2.71. The van der Waals surface area contributed by atoms with Gasteiger partial charge in [0.2, 0.25) is 0 Å². The van der Waals surface area contributed by atoms with E-state index in [1.54, 1.807) is 0 Å². The summed E-state index contributed by atoms with van der Waals surface area (Å²) in [4.78, 5) is 0. The molecule has 0 saturated carbocycles. The second-order valence-corrected chi connectivity index (χ2v) is 17.0. The van der Waals surface area contributed by atoms with Gasteiger partial charge >= 0.3 is 5.24 Å². The molecule has 0 radical (unpaired) electrons. The van der Waals surface area contributed by atoms with E-state index < -0.39 is 8.32 Å². The van der Waals surface area contributed by atoms with Crippen LogP contribution in [0.1, 0.15) is 41.0 Å². The Hall–Kier alpha value is -0.993. The van der Waals surface area contributed by atoms with Gasteiger partial charge in [-0.15, -0.1) is 23.5 Å². The number of hydrogen-bond acceptors (Lipinski definition) is 6. The van der Waals surface area contributed by atoms with Gasteiger partial charge < -0.3 is 13.9 Å². The van der Waals surface area contributed by atoms with E-state index in [0.717, 1.165) is 17.9 Å². The summed E-state index contributed by atoms with van der Waals surface area (Å²) in [5.74, 6) is 2.15. The Balaban J connectivity index is 2.11. The van der Waals surface area contributed by atoms with E-state index in [1.165, 1.54) is 10.4 Å². The molecule has 0 bridgehead atoms. The molecule has 0 spiro atoms. The monoisotopic (exact) mass is 520 g/mol. The molecule has 1 aliphatic heterocycles. The zero-order valence-corrected chi connectivity index (χ0v) is 23.7. The largest absolute Gasteiger partial charge is 0.453 e. The number of thioether (sulfide) groups is 2. The second kappa shape index (κ2) is 12.1. The Morgan fingerprint density at radius 3 is 1.88 bits per heavy atom. The minimum absolute atomic E-state index is 0.0980. The van der Waals surface area contributed by atoms with Crippen LogP contribution in [-0.4, -0.2) is 48.5 Å². The number of benzene rings is 2. The van der Waals surface area contributed by atoms with Crippen molar-refractivity contribution in [3.05, 3.63) is 60.7 Å². The average molecular weight is 521 g/mol. The molecule has 1 heterocycles. The van der Waals surface area contributed by atoms with Gasteiger partial charge in [0.25, 0.3) is 8.32 Å². The third kappa shape index (κ3) is 6.37. The van der Waals surface area contributed by atoms with Gasteiger partial charge in [-0.25, -0.2) is 0 Å². The van der Waals surface area contributed by atoms with Crippen LogP contribution in [0.2, 0.25) is 5.04 Å². The molecule has 0 N–H and O–H groups in total. The van der Waals surface area contributed by atoms with Crippen molar-refractivity contribution in [2.45, 2.75) is 62.9 Å². The van der Waals surface area contributed by atoms with Crippen LogP contribution < -0.4 is 10.4 Å². The molecule has 0 aromatic heterocycles. The maximum Gasteiger partial charge on any atom is 0.352 e. The fourth-order valence-electron chi connectivity index (χ4n) is 4.46. The maximum absolute atomic E-state index is 7.48. The van der Waals surface area contributed by atoms with Crippen LogP contribution in [0.25, 0.3) is 0 Å². The van der Waals surface area contributed by atoms with E-state index >= 15 is 0 Å². The molecule has 2 aromatic carbocycles. The quantitative estimate of drug-likeness (QED) is 0.209. The second-order valence-electron chi connectivity index (χ2n) is 9.11. The Bertz CT molecular complexity index is 828. The molecule has 1 saturated heterocycles. The van der Waals surface area contributed by atoms with Gasteiger partial charge in [-0.3, -0.25) is 0 Å². The van der Waals surface area contributed by atoms with Crippen molar-refractivity contribution in [2.24, 2.45) is 0 Å². The summed E-state index contributed by atoms with van der Waals surface area (Å²) in [5, 5.41) is 2.69. The van der Waals surface area contributed by atoms with Crippen molar-refractivity contribution in [1.29, 1.82) is 0 Å². The fraction of sp³-hybridized carbons (Fsp3) is 0.500. The molecule has 2 atom stereocenters. The lowest BCUT2D eigenvalue weighted by Gasteiger charge is -2.46. The molecule has 7 heteroatoms. The summed E-state index contributed by atoms with van der Waals surface area (Å²) in [6.45, 7) is 11.8. The van der Waals surface area contributed by atoms with E-state index in [2.05, 4.69) is 95.3 Å². The summed E-state index contributed by atoms with van der Waals surface area (Å²) in [7, 11) is -2.71. The van der Waals surface area contributed by atoms with Crippen molar-refractivity contribution in [3.63, 3.8) is 0 Å². The van der Waals surface area contributed by atoms with Crippen molar-refractivity contribution >= 4 is 59.7 Å². The van der Waals surface area contributed by atoms with E-state index in [0.29, 0.717) is 11.2 Å². The van der Waals surface area contributed by atoms with E-state index in [4.69, 9.17) is 26.1 Å². The van der Waals surface area contributed by atoms with Crippen molar-refractivity contribution < 1.29 is 13.9 Å². The summed E-state index contributed by atoms with van der Waals surface area (Å²) < 4.78 is 19.5. The first-order valence-corrected chi connectivity index (χ1v) is 16.1. The Morgan fingerprint density at radius 2 is 1.48 bits per heavy atom. The molecule has 3 rings (SSSR count). The SMILES string of the molecule is CCSC(C[C@H](O[Si](c1ccccc1)(c1ccccc1)C(C)(C)C)[C@H]1COC(=S)O1)SCC. The number of rotatable bonds is 11. The van der Waals surface area contributed by atoms with Crippen LogP contribution >= 0.6 is 35.7 Å². The standard InChI is InChI=1S/C26H36O3S3Si/c1-6-31-24(32-7-2)18-22(23-19-27-25(30)28-23)29-33(26(3,4)5,20-14-10-8-11-15-20)21-16-12-9-13-17-21/h8-17,22-24H,6-7,18-19H2,1-5H3/t22-,23+/m0/s1. The third-order valence-electron chi connectivity index (χ3n) is 5.90. The predicted molar refractivity (Wildman–Crippen MR) is 151 cm³/mol. The smallest absolute Gasteiger partial charge is 0.352 e. The highest BCUT2D eigenvalue weighted by Crippen LogP contribution is 2.40. The Kier molecular flexibility index (Phi) is 9.77. The van der Waals surface area contributed by atoms with Crippen molar-refractivity contribution in [2.75, 3.05) is 18.1 Å². The first-order chi connectivity index (χ1) is 15.8. The summed E-state index contributed by atoms with van der Waals surface area (Å²) in [6.07, 6.45) is 0.564. The normalized spacial score (nSPS) is 17.6. The molecular formula is C26H36O3S3Si. The summed E-state index contributed by atoms with van der Waals surface area (Å²) >= 11 is 9.20. The highest BCUT2D eigenvalue weighted by atomic mass is 32.2. The number of hydrogen-bond donors (Lipinski definition) is 0. The highest BCUT2D eigenvalue weighted by molar-refractivity contribution is 8.16. The average Bonchev–Trinajstić information content (AvgIpc) is 3.23. The van der Waals surface area contributed by atoms with Crippen molar-refractivity contribution in [3.8, 4) is 0 Å². The van der Waals surface area contributed by atoms with E-state index in [9.17, 15) is 0 Å². The zero-order chi connectivity index (χ0) is 23.9. The van der Waals surface area contributed by atoms with Gasteiger partial charge in [0.1, 0.15) is 6.61 Å². The maximum atomic E-state index is 7.48. The molecule has 1 aliphatic rings.